The maximum atomic E-state index is 5.66. The molecule has 0 aromatic heterocycles. The fourth-order valence-corrected chi connectivity index (χ4v) is 4.12. The van der Waals surface area contributed by atoms with Crippen molar-refractivity contribution in [3.05, 3.63) is 66.2 Å². The fraction of sp³-hybridized carbons (Fsp3) is 0.143. The van der Waals surface area contributed by atoms with Gasteiger partial charge in [-0.15, -0.1) is 0 Å². The van der Waals surface area contributed by atoms with Crippen LogP contribution in [0.3, 0.4) is 0 Å². The summed E-state index contributed by atoms with van der Waals surface area (Å²) in [5.41, 5.74) is 4.56. The van der Waals surface area contributed by atoms with Crippen molar-refractivity contribution in [3.63, 3.8) is 0 Å². The summed E-state index contributed by atoms with van der Waals surface area (Å²) in [4.78, 5) is 2.51. The van der Waals surface area contributed by atoms with E-state index in [-0.39, 0.29) is 0 Å². The van der Waals surface area contributed by atoms with Gasteiger partial charge in [-0.2, -0.15) is 0 Å². The molecule has 0 saturated carbocycles. The number of anilines is 3. The van der Waals surface area contributed by atoms with Crippen LogP contribution in [-0.4, -0.2) is 13.2 Å². The molecule has 0 aliphatic carbocycles. The van der Waals surface area contributed by atoms with E-state index in [2.05, 4.69) is 59.2 Å². The summed E-state index contributed by atoms with van der Waals surface area (Å²) < 4.78 is 11.2. The monoisotopic (exact) mass is 362 g/mol. The molecule has 5 heteroatoms. The molecule has 2 aliphatic rings. The van der Waals surface area contributed by atoms with Crippen molar-refractivity contribution in [1.29, 1.82) is 0 Å². The topological polar surface area (TPSA) is 42.5 Å². The van der Waals surface area contributed by atoms with Crippen LogP contribution >= 0.6 is 11.8 Å². The molecule has 3 aromatic carbocycles. The van der Waals surface area contributed by atoms with E-state index in [1.165, 1.54) is 15.4 Å². The van der Waals surface area contributed by atoms with E-state index in [0.717, 1.165) is 35.1 Å². The zero-order valence-electron chi connectivity index (χ0n) is 14.1. The van der Waals surface area contributed by atoms with E-state index in [9.17, 15) is 0 Å². The Kier molecular flexibility index (Phi) is 3.87. The number of hydrogen-bond acceptors (Lipinski definition) is 5. The average Bonchev–Trinajstić information content (AvgIpc) is 2.70. The summed E-state index contributed by atoms with van der Waals surface area (Å²) >= 11 is 1.80. The number of ether oxygens (including phenoxy) is 2. The average molecular weight is 362 g/mol. The molecule has 0 radical (unpaired) electrons. The lowest BCUT2D eigenvalue weighted by Gasteiger charge is -2.22. The first-order valence-electron chi connectivity index (χ1n) is 8.65. The van der Waals surface area contributed by atoms with Gasteiger partial charge in [0.25, 0.3) is 0 Å². The highest BCUT2D eigenvalue weighted by atomic mass is 32.2. The van der Waals surface area contributed by atoms with Gasteiger partial charge in [0.2, 0.25) is 0 Å². The first-order valence-corrected chi connectivity index (χ1v) is 9.47. The molecule has 0 atom stereocenters. The van der Waals surface area contributed by atoms with Crippen molar-refractivity contribution >= 4 is 28.8 Å². The van der Waals surface area contributed by atoms with Crippen LogP contribution in [0.25, 0.3) is 0 Å². The summed E-state index contributed by atoms with van der Waals surface area (Å²) in [6.45, 7) is 1.96. The first-order chi connectivity index (χ1) is 12.8. The molecular formula is C21H18N2O2S. The molecule has 2 heterocycles. The predicted molar refractivity (Wildman–Crippen MR) is 105 cm³/mol. The van der Waals surface area contributed by atoms with Gasteiger partial charge in [0.1, 0.15) is 13.2 Å². The van der Waals surface area contributed by atoms with E-state index >= 15 is 0 Å². The molecule has 26 heavy (non-hydrogen) atoms. The van der Waals surface area contributed by atoms with Gasteiger partial charge >= 0.3 is 0 Å². The first kappa shape index (κ1) is 15.5. The van der Waals surface area contributed by atoms with Crippen LogP contribution in [0.15, 0.2) is 70.5 Å². The molecule has 0 bridgehead atoms. The molecule has 2 aliphatic heterocycles. The third-order valence-electron chi connectivity index (χ3n) is 4.46. The Morgan fingerprint density at radius 2 is 1.69 bits per heavy atom. The highest BCUT2D eigenvalue weighted by molar-refractivity contribution is 7.99. The molecule has 0 amide bonds. The Bertz CT molecular complexity index is 974. The second-order valence-corrected chi connectivity index (χ2v) is 7.35. The summed E-state index contributed by atoms with van der Waals surface area (Å²) in [6.07, 6.45) is 0. The van der Waals surface area contributed by atoms with Gasteiger partial charge in [0, 0.05) is 22.0 Å². The van der Waals surface area contributed by atoms with Crippen molar-refractivity contribution in [2.24, 2.45) is 0 Å². The van der Waals surface area contributed by atoms with Crippen LogP contribution in [-0.2, 0) is 6.54 Å². The quantitative estimate of drug-likeness (QED) is 0.519. The van der Waals surface area contributed by atoms with E-state index in [1.807, 2.05) is 12.1 Å². The number of benzene rings is 3. The van der Waals surface area contributed by atoms with Crippen molar-refractivity contribution in [1.82, 2.24) is 0 Å². The minimum absolute atomic E-state index is 0.611. The van der Waals surface area contributed by atoms with Crippen LogP contribution in [0, 0.1) is 0 Å². The fourth-order valence-electron chi connectivity index (χ4n) is 3.15. The molecule has 0 saturated heterocycles. The summed E-state index contributed by atoms with van der Waals surface area (Å²) in [6, 6.07) is 20.9. The Labute approximate surface area is 156 Å². The zero-order valence-corrected chi connectivity index (χ0v) is 14.9. The normalized spacial score (nSPS) is 14.0. The van der Waals surface area contributed by atoms with Gasteiger partial charge in [0.15, 0.2) is 11.5 Å². The Morgan fingerprint density at radius 3 is 2.65 bits per heavy atom. The minimum atomic E-state index is 0.611. The maximum absolute atomic E-state index is 5.66. The lowest BCUT2D eigenvalue weighted by Crippen LogP contribution is -2.15. The zero-order chi connectivity index (χ0) is 17.3. The van der Waals surface area contributed by atoms with Crippen LogP contribution in [0.2, 0.25) is 0 Å². The molecule has 0 spiro atoms. The number of nitrogens with one attached hydrogen (secondary N) is 2. The van der Waals surface area contributed by atoms with Gasteiger partial charge in [-0.1, -0.05) is 30.0 Å². The van der Waals surface area contributed by atoms with E-state index in [4.69, 9.17) is 9.47 Å². The molecule has 5 rings (SSSR count). The minimum Gasteiger partial charge on any atom is -0.486 e. The molecule has 0 fully saturated rings. The van der Waals surface area contributed by atoms with E-state index < -0.39 is 0 Å². The number of hydrogen-bond donors (Lipinski definition) is 2. The Balaban J connectivity index is 1.32. The summed E-state index contributed by atoms with van der Waals surface area (Å²) in [7, 11) is 0. The van der Waals surface area contributed by atoms with Crippen molar-refractivity contribution in [2.45, 2.75) is 16.3 Å². The lowest BCUT2D eigenvalue weighted by molar-refractivity contribution is 0.171. The van der Waals surface area contributed by atoms with Crippen molar-refractivity contribution < 1.29 is 9.47 Å². The van der Waals surface area contributed by atoms with Gasteiger partial charge in [-0.05, 0) is 48.0 Å². The lowest BCUT2D eigenvalue weighted by atomic mass is 10.2. The van der Waals surface area contributed by atoms with Crippen molar-refractivity contribution in [3.8, 4) is 11.5 Å². The Hall–Kier alpha value is -2.79. The molecule has 2 N–H and O–H groups in total. The maximum Gasteiger partial charge on any atom is 0.161 e. The van der Waals surface area contributed by atoms with Crippen LogP contribution in [0.4, 0.5) is 17.1 Å². The third-order valence-corrected chi connectivity index (χ3v) is 5.61. The molecule has 4 nitrogen and oxygen atoms in total. The van der Waals surface area contributed by atoms with Gasteiger partial charge < -0.3 is 20.1 Å². The van der Waals surface area contributed by atoms with Gasteiger partial charge in [0.05, 0.1) is 11.4 Å². The molecule has 3 aromatic rings. The standard InChI is InChI=1S/C21H18N2O2S/c1-2-4-20-16(3-1)23-17-12-15(6-8-21(17)26-20)22-13-14-5-7-18-19(11-14)25-10-9-24-18/h1-8,11-12,22-23H,9-10,13H2. The second kappa shape index (κ2) is 6.50. The van der Waals surface area contributed by atoms with Crippen LogP contribution in [0.5, 0.6) is 11.5 Å². The summed E-state index contributed by atoms with van der Waals surface area (Å²) in [5, 5.41) is 7.02. The summed E-state index contributed by atoms with van der Waals surface area (Å²) in [5.74, 6) is 1.66. The highest BCUT2D eigenvalue weighted by Gasteiger charge is 2.15. The molecule has 130 valence electrons. The van der Waals surface area contributed by atoms with Gasteiger partial charge in [-0.3, -0.25) is 0 Å². The molecular weight excluding hydrogens is 344 g/mol. The number of fused-ring (bicyclic) bond motifs is 3. The third kappa shape index (κ3) is 2.95. The smallest absolute Gasteiger partial charge is 0.161 e. The predicted octanol–water partition coefficient (Wildman–Crippen LogP) is 5.28. The second-order valence-electron chi connectivity index (χ2n) is 6.27. The largest absolute Gasteiger partial charge is 0.486 e. The SMILES string of the molecule is c1ccc2c(c1)Nc1cc(NCc3ccc4c(c3)OCCO4)ccc1S2. The van der Waals surface area contributed by atoms with E-state index in [1.54, 1.807) is 11.8 Å². The van der Waals surface area contributed by atoms with Crippen LogP contribution in [0.1, 0.15) is 5.56 Å². The van der Waals surface area contributed by atoms with E-state index in [0.29, 0.717) is 13.2 Å². The highest BCUT2D eigenvalue weighted by Crippen LogP contribution is 2.44. The number of para-hydroxylation sites is 1. The van der Waals surface area contributed by atoms with Crippen molar-refractivity contribution in [2.75, 3.05) is 23.8 Å². The van der Waals surface area contributed by atoms with Gasteiger partial charge in [-0.25, -0.2) is 0 Å². The number of rotatable bonds is 3. The molecule has 0 unspecified atom stereocenters. The van der Waals surface area contributed by atoms with Crippen LogP contribution < -0.4 is 20.1 Å². The Morgan fingerprint density at radius 1 is 0.846 bits per heavy atom.